The highest BCUT2D eigenvalue weighted by molar-refractivity contribution is 6.30. The van der Waals surface area contributed by atoms with Crippen molar-refractivity contribution in [3.8, 4) is 5.82 Å². The van der Waals surface area contributed by atoms with Crippen LogP contribution in [-0.2, 0) is 0 Å². The summed E-state index contributed by atoms with van der Waals surface area (Å²) >= 11 is 5.87. The van der Waals surface area contributed by atoms with E-state index >= 15 is 0 Å². The zero-order valence-electron chi connectivity index (χ0n) is 9.98. The molecule has 1 N–H and O–H groups in total. The quantitative estimate of drug-likeness (QED) is 0.911. The van der Waals surface area contributed by atoms with Crippen LogP contribution in [0, 0.1) is 0 Å². The lowest BCUT2D eigenvalue weighted by molar-refractivity contribution is 0.775. The molecule has 5 nitrogen and oxygen atoms in total. The molecule has 0 aromatic carbocycles. The maximum Gasteiger partial charge on any atom is 0.162 e. The van der Waals surface area contributed by atoms with E-state index in [1.54, 1.807) is 17.1 Å². The Morgan fingerprint density at radius 1 is 1.35 bits per heavy atom. The summed E-state index contributed by atoms with van der Waals surface area (Å²) in [6.07, 6.45) is 4.84. The lowest BCUT2D eigenvalue weighted by Gasteiger charge is -2.14. The van der Waals surface area contributed by atoms with E-state index in [1.165, 1.54) is 6.33 Å². The van der Waals surface area contributed by atoms with E-state index < -0.39 is 0 Å². The Balaban J connectivity index is 2.60. The van der Waals surface area contributed by atoms with Crippen molar-refractivity contribution >= 4 is 17.4 Å². The zero-order chi connectivity index (χ0) is 12.4. The molecule has 90 valence electrons. The van der Waals surface area contributed by atoms with Gasteiger partial charge in [0.15, 0.2) is 5.82 Å². The molecule has 0 amide bonds. The standard InChI is InChI=1S/C11H14ClN5/c1-7(2)9-10(13-3)14-6-15-11(9)17-5-8(12)4-16-17/h4-7H,1-3H3,(H,13,14,15). The summed E-state index contributed by atoms with van der Waals surface area (Å²) in [7, 11) is 1.84. The lowest BCUT2D eigenvalue weighted by Crippen LogP contribution is -2.09. The van der Waals surface area contributed by atoms with Crippen molar-refractivity contribution in [2.75, 3.05) is 12.4 Å². The summed E-state index contributed by atoms with van der Waals surface area (Å²) in [5.41, 5.74) is 1.02. The molecule has 0 saturated carbocycles. The summed E-state index contributed by atoms with van der Waals surface area (Å²) in [6, 6.07) is 0. The number of nitrogens with one attached hydrogen (secondary N) is 1. The normalized spacial score (nSPS) is 10.9. The number of hydrogen-bond donors (Lipinski definition) is 1. The van der Waals surface area contributed by atoms with Gasteiger partial charge in [0, 0.05) is 12.6 Å². The molecule has 0 aliphatic carbocycles. The van der Waals surface area contributed by atoms with Crippen molar-refractivity contribution in [2.24, 2.45) is 0 Å². The summed E-state index contributed by atoms with van der Waals surface area (Å²) in [4.78, 5) is 8.50. The van der Waals surface area contributed by atoms with Gasteiger partial charge in [-0.25, -0.2) is 14.6 Å². The minimum Gasteiger partial charge on any atom is -0.373 e. The lowest BCUT2D eigenvalue weighted by atomic mass is 10.0. The van der Waals surface area contributed by atoms with Crippen LogP contribution in [0.5, 0.6) is 0 Å². The Labute approximate surface area is 105 Å². The van der Waals surface area contributed by atoms with Gasteiger partial charge in [0.1, 0.15) is 12.1 Å². The van der Waals surface area contributed by atoms with Gasteiger partial charge in [-0.2, -0.15) is 5.10 Å². The van der Waals surface area contributed by atoms with E-state index in [0.29, 0.717) is 5.02 Å². The van der Waals surface area contributed by atoms with Crippen LogP contribution in [0.1, 0.15) is 25.3 Å². The number of hydrogen-bond acceptors (Lipinski definition) is 4. The molecule has 0 aliphatic rings. The molecule has 2 aromatic heterocycles. The smallest absolute Gasteiger partial charge is 0.162 e. The third-order valence-electron chi connectivity index (χ3n) is 2.45. The Morgan fingerprint density at radius 3 is 2.65 bits per heavy atom. The molecule has 2 rings (SSSR count). The van der Waals surface area contributed by atoms with Crippen LogP contribution in [0.25, 0.3) is 5.82 Å². The number of anilines is 1. The van der Waals surface area contributed by atoms with E-state index in [0.717, 1.165) is 17.2 Å². The van der Waals surface area contributed by atoms with Crippen molar-refractivity contribution < 1.29 is 0 Å². The molecule has 0 fully saturated rings. The molecule has 0 atom stereocenters. The second kappa shape index (κ2) is 4.71. The van der Waals surface area contributed by atoms with E-state index in [1.807, 2.05) is 7.05 Å². The largest absolute Gasteiger partial charge is 0.373 e. The van der Waals surface area contributed by atoms with Crippen LogP contribution in [0.4, 0.5) is 5.82 Å². The first kappa shape index (κ1) is 11.9. The highest BCUT2D eigenvalue weighted by atomic mass is 35.5. The fourth-order valence-corrected chi connectivity index (χ4v) is 1.85. The molecule has 2 aromatic rings. The molecule has 0 unspecified atom stereocenters. The van der Waals surface area contributed by atoms with Gasteiger partial charge in [0.05, 0.1) is 17.4 Å². The highest BCUT2D eigenvalue weighted by Crippen LogP contribution is 2.27. The topological polar surface area (TPSA) is 55.6 Å². The number of halogens is 1. The number of aromatic nitrogens is 4. The van der Waals surface area contributed by atoms with Crippen LogP contribution >= 0.6 is 11.6 Å². The first-order valence-electron chi connectivity index (χ1n) is 5.36. The molecular formula is C11H14ClN5. The van der Waals surface area contributed by atoms with Crippen LogP contribution in [0.15, 0.2) is 18.7 Å². The van der Waals surface area contributed by atoms with Gasteiger partial charge in [0.25, 0.3) is 0 Å². The maximum atomic E-state index is 5.87. The first-order valence-corrected chi connectivity index (χ1v) is 5.74. The van der Waals surface area contributed by atoms with Gasteiger partial charge >= 0.3 is 0 Å². The van der Waals surface area contributed by atoms with Gasteiger partial charge in [-0.15, -0.1) is 0 Å². The SMILES string of the molecule is CNc1ncnc(-n2cc(Cl)cn2)c1C(C)C. The molecule has 0 bridgehead atoms. The van der Waals surface area contributed by atoms with E-state index in [9.17, 15) is 0 Å². The van der Waals surface area contributed by atoms with Crippen LogP contribution in [-0.4, -0.2) is 26.8 Å². The molecule has 0 aliphatic heterocycles. The van der Waals surface area contributed by atoms with Crippen molar-refractivity contribution in [3.63, 3.8) is 0 Å². The van der Waals surface area contributed by atoms with Crippen molar-refractivity contribution in [1.82, 2.24) is 19.7 Å². The maximum absolute atomic E-state index is 5.87. The summed E-state index contributed by atoms with van der Waals surface area (Å²) in [6.45, 7) is 4.18. The minimum atomic E-state index is 0.289. The molecule has 0 radical (unpaired) electrons. The number of nitrogens with zero attached hydrogens (tertiary/aromatic N) is 4. The Bertz CT molecular complexity index is 520. The van der Waals surface area contributed by atoms with Crippen molar-refractivity contribution in [2.45, 2.75) is 19.8 Å². The molecule has 17 heavy (non-hydrogen) atoms. The summed E-state index contributed by atoms with van der Waals surface area (Å²) in [5.74, 6) is 1.86. The van der Waals surface area contributed by atoms with Gasteiger partial charge in [-0.05, 0) is 5.92 Å². The molecule has 0 spiro atoms. The second-order valence-electron chi connectivity index (χ2n) is 3.97. The average Bonchev–Trinajstić information content (AvgIpc) is 2.74. The minimum absolute atomic E-state index is 0.289. The summed E-state index contributed by atoms with van der Waals surface area (Å²) in [5, 5.41) is 7.83. The van der Waals surface area contributed by atoms with Crippen molar-refractivity contribution in [1.29, 1.82) is 0 Å². The fraction of sp³-hybridized carbons (Fsp3) is 0.364. The van der Waals surface area contributed by atoms with Crippen LogP contribution in [0.3, 0.4) is 0 Å². The second-order valence-corrected chi connectivity index (χ2v) is 4.40. The van der Waals surface area contributed by atoms with Crippen LogP contribution in [0.2, 0.25) is 5.02 Å². The zero-order valence-corrected chi connectivity index (χ0v) is 10.7. The third-order valence-corrected chi connectivity index (χ3v) is 2.64. The van der Waals surface area contributed by atoms with Gasteiger partial charge in [-0.1, -0.05) is 25.4 Å². The Morgan fingerprint density at radius 2 is 2.12 bits per heavy atom. The first-order chi connectivity index (χ1) is 8.13. The molecular weight excluding hydrogens is 238 g/mol. The predicted octanol–water partition coefficient (Wildman–Crippen LogP) is 2.48. The molecule has 0 saturated heterocycles. The van der Waals surface area contributed by atoms with E-state index in [-0.39, 0.29) is 5.92 Å². The average molecular weight is 252 g/mol. The predicted molar refractivity (Wildman–Crippen MR) is 67.8 cm³/mol. The molecule has 6 heteroatoms. The van der Waals surface area contributed by atoms with Gasteiger partial charge in [0.2, 0.25) is 0 Å². The number of rotatable bonds is 3. The summed E-state index contributed by atoms with van der Waals surface area (Å²) < 4.78 is 1.67. The Hall–Kier alpha value is -1.62. The van der Waals surface area contributed by atoms with Gasteiger partial charge < -0.3 is 5.32 Å². The monoisotopic (exact) mass is 251 g/mol. The Kier molecular flexibility index (Phi) is 3.28. The van der Waals surface area contributed by atoms with E-state index in [4.69, 9.17) is 11.6 Å². The van der Waals surface area contributed by atoms with E-state index in [2.05, 4.69) is 34.2 Å². The third kappa shape index (κ3) is 2.24. The molecule has 2 heterocycles. The van der Waals surface area contributed by atoms with Crippen molar-refractivity contribution in [3.05, 3.63) is 29.3 Å². The van der Waals surface area contributed by atoms with Gasteiger partial charge in [-0.3, -0.25) is 0 Å². The fourth-order valence-electron chi connectivity index (χ4n) is 1.72. The van der Waals surface area contributed by atoms with Crippen LogP contribution < -0.4 is 5.32 Å². The highest BCUT2D eigenvalue weighted by Gasteiger charge is 2.16.